The van der Waals surface area contributed by atoms with E-state index < -0.39 is 11.8 Å². The average Bonchev–Trinajstić information content (AvgIpc) is 2.69. The van der Waals surface area contributed by atoms with Gasteiger partial charge in [0.2, 0.25) is 11.8 Å². The van der Waals surface area contributed by atoms with Crippen molar-refractivity contribution in [1.82, 2.24) is 9.97 Å². The molecule has 0 radical (unpaired) electrons. The molecular formula is C20H15FN2O5. The van der Waals surface area contributed by atoms with Crippen molar-refractivity contribution < 1.29 is 28.5 Å². The molecule has 8 heteroatoms. The summed E-state index contributed by atoms with van der Waals surface area (Å²) < 4.78 is 29.7. The summed E-state index contributed by atoms with van der Waals surface area (Å²) in [6.45, 7) is 0. The van der Waals surface area contributed by atoms with Gasteiger partial charge in [0.25, 0.3) is 0 Å². The van der Waals surface area contributed by atoms with Gasteiger partial charge >= 0.3 is 5.97 Å². The number of para-hydroxylation sites is 2. The lowest BCUT2D eigenvalue weighted by molar-refractivity contribution is -0.130. The van der Waals surface area contributed by atoms with E-state index in [4.69, 9.17) is 14.2 Å². The molecule has 1 aromatic heterocycles. The Morgan fingerprint density at radius 3 is 2.25 bits per heavy atom. The van der Waals surface area contributed by atoms with Crippen LogP contribution in [0.5, 0.6) is 23.3 Å². The predicted octanol–water partition coefficient (Wildman–Crippen LogP) is 4.27. The second kappa shape index (κ2) is 8.63. The van der Waals surface area contributed by atoms with Crippen molar-refractivity contribution in [3.05, 3.63) is 78.6 Å². The number of hydrogen-bond donors (Lipinski definition) is 1. The first kappa shape index (κ1) is 18.8. The molecule has 0 saturated carbocycles. The highest BCUT2D eigenvalue weighted by atomic mass is 19.1. The average molecular weight is 382 g/mol. The van der Waals surface area contributed by atoms with E-state index in [2.05, 4.69) is 9.97 Å². The van der Waals surface area contributed by atoms with E-state index in [-0.39, 0.29) is 28.8 Å². The molecule has 1 N–H and O–H groups in total. The number of rotatable bonds is 7. The molecule has 2 aromatic carbocycles. The third-order valence-electron chi connectivity index (χ3n) is 3.53. The first-order valence-electron chi connectivity index (χ1n) is 8.06. The zero-order valence-corrected chi connectivity index (χ0v) is 14.7. The number of nitrogens with zero attached hydrogens (tertiary/aromatic N) is 2. The summed E-state index contributed by atoms with van der Waals surface area (Å²) in [6, 6.07) is 13.8. The van der Waals surface area contributed by atoms with Crippen LogP contribution in [0.2, 0.25) is 0 Å². The van der Waals surface area contributed by atoms with Crippen LogP contribution in [-0.4, -0.2) is 28.2 Å². The smallest absolute Gasteiger partial charge is 0.339 e. The van der Waals surface area contributed by atoms with Gasteiger partial charge in [-0.2, -0.15) is 0 Å². The second-order valence-electron chi connectivity index (χ2n) is 5.40. The van der Waals surface area contributed by atoms with Crippen molar-refractivity contribution >= 4 is 11.5 Å². The van der Waals surface area contributed by atoms with Crippen LogP contribution in [0.4, 0.5) is 4.39 Å². The fourth-order valence-corrected chi connectivity index (χ4v) is 2.31. The molecule has 0 aliphatic heterocycles. The summed E-state index contributed by atoms with van der Waals surface area (Å²) >= 11 is 0. The highest BCUT2D eigenvalue weighted by molar-refractivity contribution is 6.15. The first-order valence-corrected chi connectivity index (χ1v) is 8.06. The van der Waals surface area contributed by atoms with Crippen LogP contribution in [0.15, 0.2) is 67.2 Å². The second-order valence-corrected chi connectivity index (χ2v) is 5.40. The first-order chi connectivity index (χ1) is 13.6. The highest BCUT2D eigenvalue weighted by Crippen LogP contribution is 2.31. The summed E-state index contributed by atoms with van der Waals surface area (Å²) in [4.78, 5) is 19.4. The predicted molar refractivity (Wildman–Crippen MR) is 97.6 cm³/mol. The zero-order valence-electron chi connectivity index (χ0n) is 14.7. The van der Waals surface area contributed by atoms with Gasteiger partial charge in [-0.3, -0.25) is 0 Å². The molecular weight excluding hydrogens is 367 g/mol. The van der Waals surface area contributed by atoms with E-state index in [0.29, 0.717) is 5.56 Å². The van der Waals surface area contributed by atoms with Crippen molar-refractivity contribution in [3.63, 3.8) is 0 Å². The topological polar surface area (TPSA) is 90.8 Å². The molecule has 0 aliphatic carbocycles. The van der Waals surface area contributed by atoms with E-state index in [1.807, 2.05) is 0 Å². The zero-order chi connectivity index (χ0) is 19.9. The van der Waals surface area contributed by atoms with Crippen LogP contribution in [-0.2, 0) is 9.53 Å². The number of benzene rings is 2. The van der Waals surface area contributed by atoms with Gasteiger partial charge in [0.1, 0.15) is 17.6 Å². The number of aliphatic carboxylic acids is 1. The van der Waals surface area contributed by atoms with E-state index >= 15 is 0 Å². The quantitative estimate of drug-likeness (QED) is 0.482. The van der Waals surface area contributed by atoms with E-state index in [9.17, 15) is 14.3 Å². The molecule has 0 saturated heterocycles. The molecule has 3 rings (SSSR count). The summed E-state index contributed by atoms with van der Waals surface area (Å²) in [5.74, 6) is -1.31. The minimum atomic E-state index is -1.18. The Labute approximate surface area is 159 Å². The molecule has 0 atom stereocenters. The summed E-state index contributed by atoms with van der Waals surface area (Å²) in [5.41, 5.74) is 0.210. The van der Waals surface area contributed by atoms with Crippen molar-refractivity contribution in [2.24, 2.45) is 0 Å². The fourth-order valence-electron chi connectivity index (χ4n) is 2.31. The lowest BCUT2D eigenvalue weighted by Gasteiger charge is -2.11. The Bertz CT molecular complexity index is 1020. The number of carboxylic acids is 1. The van der Waals surface area contributed by atoms with Crippen LogP contribution >= 0.6 is 0 Å². The van der Waals surface area contributed by atoms with Crippen molar-refractivity contribution in [1.29, 1.82) is 0 Å². The molecule has 0 aliphatic rings. The number of hydrogen-bond acceptors (Lipinski definition) is 6. The van der Waals surface area contributed by atoms with Gasteiger partial charge < -0.3 is 19.3 Å². The number of aromatic nitrogens is 2. The molecule has 0 amide bonds. The minimum absolute atomic E-state index is 0.00346. The largest absolute Gasteiger partial charge is 0.503 e. The third-order valence-corrected chi connectivity index (χ3v) is 3.53. The molecule has 0 fully saturated rings. The number of ether oxygens (including phenoxy) is 3. The van der Waals surface area contributed by atoms with Crippen molar-refractivity contribution in [2.45, 2.75) is 0 Å². The van der Waals surface area contributed by atoms with E-state index in [1.165, 1.54) is 31.6 Å². The Hall–Kier alpha value is -3.94. The van der Waals surface area contributed by atoms with Crippen LogP contribution in [0.3, 0.4) is 0 Å². The summed E-state index contributed by atoms with van der Waals surface area (Å²) in [6.07, 6.45) is 2.30. The minimum Gasteiger partial charge on any atom is -0.503 e. The summed E-state index contributed by atoms with van der Waals surface area (Å²) in [5, 5.41) is 9.40. The monoisotopic (exact) mass is 382 g/mol. The number of methoxy groups -OCH3 is 1. The van der Waals surface area contributed by atoms with E-state index in [1.54, 1.807) is 36.4 Å². The van der Waals surface area contributed by atoms with E-state index in [0.717, 1.165) is 6.26 Å². The molecule has 3 aromatic rings. The fraction of sp³-hybridized carbons (Fsp3) is 0.0500. The van der Waals surface area contributed by atoms with Gasteiger partial charge in [0, 0.05) is 5.56 Å². The molecule has 142 valence electrons. The molecule has 7 nitrogen and oxygen atoms in total. The normalized spacial score (nSPS) is 11.0. The summed E-state index contributed by atoms with van der Waals surface area (Å²) in [7, 11) is 1.35. The Balaban J connectivity index is 1.88. The molecule has 0 unspecified atom stereocenters. The van der Waals surface area contributed by atoms with Crippen LogP contribution in [0.25, 0.3) is 5.57 Å². The number of carboxylic acid groups (broad SMARTS) is 1. The lowest BCUT2D eigenvalue weighted by atomic mass is 10.1. The lowest BCUT2D eigenvalue weighted by Crippen LogP contribution is -2.02. The van der Waals surface area contributed by atoms with Crippen LogP contribution in [0, 0.1) is 5.82 Å². The maximum Gasteiger partial charge on any atom is 0.339 e. The van der Waals surface area contributed by atoms with Gasteiger partial charge in [0.05, 0.1) is 19.4 Å². The maximum atomic E-state index is 13.7. The van der Waals surface area contributed by atoms with Gasteiger partial charge in [-0.05, 0) is 18.2 Å². The van der Waals surface area contributed by atoms with Crippen LogP contribution in [0.1, 0.15) is 5.56 Å². The van der Waals surface area contributed by atoms with Crippen molar-refractivity contribution in [3.8, 4) is 23.3 Å². The Morgan fingerprint density at radius 1 is 1.00 bits per heavy atom. The third kappa shape index (κ3) is 4.42. The molecule has 0 bridgehead atoms. The molecule has 1 heterocycles. The number of carbonyl (C=O) groups is 1. The van der Waals surface area contributed by atoms with Gasteiger partial charge in [0.15, 0.2) is 11.6 Å². The van der Waals surface area contributed by atoms with Crippen molar-refractivity contribution in [2.75, 3.05) is 7.11 Å². The number of halogens is 1. The highest BCUT2D eigenvalue weighted by Gasteiger charge is 2.17. The standard InChI is InChI=1S/C20H15FN2O5/c1-26-11-14(20(24)25)13-6-2-4-8-16(13)27-18-10-19(23-12-22-18)28-17-9-5-3-7-15(17)21/h2-12H,1H3,(H,24,25)/b14-11+. The van der Waals surface area contributed by atoms with Gasteiger partial charge in [-0.15, -0.1) is 0 Å². The SMILES string of the molecule is CO/C=C(/C(=O)O)c1ccccc1Oc1cc(Oc2ccccc2F)ncn1. The molecule has 28 heavy (non-hydrogen) atoms. The van der Waals surface area contributed by atoms with Gasteiger partial charge in [-0.25, -0.2) is 19.2 Å². The Morgan fingerprint density at radius 2 is 1.61 bits per heavy atom. The Kier molecular flexibility index (Phi) is 5.81. The molecule has 0 spiro atoms. The van der Waals surface area contributed by atoms with Gasteiger partial charge in [-0.1, -0.05) is 30.3 Å². The van der Waals surface area contributed by atoms with Crippen LogP contribution < -0.4 is 9.47 Å². The maximum absolute atomic E-state index is 13.7.